The van der Waals surface area contributed by atoms with Gasteiger partial charge in [-0.2, -0.15) is 0 Å². The maximum atomic E-state index is 10.6. The topological polar surface area (TPSA) is 33.4 Å². The molecule has 29 heavy (non-hydrogen) atoms. The van der Waals surface area contributed by atoms with Gasteiger partial charge in [0.1, 0.15) is 11.3 Å². The summed E-state index contributed by atoms with van der Waals surface area (Å²) in [6.45, 7) is 4.42. The van der Waals surface area contributed by atoms with E-state index in [2.05, 4.69) is 50.2 Å². The SMILES string of the molecule is CCCCCCCCCCC(O)c1ccc2cc(-c3ccccc3CC)oc2c1. The van der Waals surface area contributed by atoms with Crippen LogP contribution < -0.4 is 0 Å². The molecular weight excluding hydrogens is 356 g/mol. The molecule has 0 saturated carbocycles. The van der Waals surface area contributed by atoms with Crippen LogP contribution in [0.1, 0.15) is 88.9 Å². The Labute approximate surface area is 176 Å². The lowest BCUT2D eigenvalue weighted by atomic mass is 10.0. The van der Waals surface area contributed by atoms with Crippen LogP contribution in [0.3, 0.4) is 0 Å². The number of hydrogen-bond donors (Lipinski definition) is 1. The van der Waals surface area contributed by atoms with Crippen LogP contribution in [-0.2, 0) is 6.42 Å². The molecule has 0 aliphatic rings. The Hall–Kier alpha value is -2.06. The second-order valence-corrected chi connectivity index (χ2v) is 8.20. The van der Waals surface area contributed by atoms with Crippen molar-refractivity contribution in [3.63, 3.8) is 0 Å². The number of fused-ring (bicyclic) bond motifs is 1. The van der Waals surface area contributed by atoms with Crippen LogP contribution in [-0.4, -0.2) is 5.11 Å². The Kier molecular flexibility index (Phi) is 8.37. The van der Waals surface area contributed by atoms with E-state index in [9.17, 15) is 5.11 Å². The van der Waals surface area contributed by atoms with Crippen LogP contribution in [0.25, 0.3) is 22.3 Å². The molecule has 1 aromatic heterocycles. The second kappa shape index (κ2) is 11.2. The van der Waals surface area contributed by atoms with E-state index in [1.807, 2.05) is 12.1 Å². The minimum atomic E-state index is -0.407. The van der Waals surface area contributed by atoms with E-state index in [1.54, 1.807) is 0 Å². The van der Waals surface area contributed by atoms with Gasteiger partial charge in [-0.05, 0) is 36.1 Å². The highest BCUT2D eigenvalue weighted by atomic mass is 16.3. The van der Waals surface area contributed by atoms with Crippen LogP contribution in [0.5, 0.6) is 0 Å². The summed E-state index contributed by atoms with van der Waals surface area (Å²) in [5, 5.41) is 11.7. The van der Waals surface area contributed by atoms with Crippen molar-refractivity contribution in [3.05, 3.63) is 59.7 Å². The molecule has 0 amide bonds. The van der Waals surface area contributed by atoms with Gasteiger partial charge in [0.25, 0.3) is 0 Å². The Morgan fingerprint density at radius 1 is 0.828 bits per heavy atom. The van der Waals surface area contributed by atoms with Crippen LogP contribution in [0.4, 0.5) is 0 Å². The zero-order chi connectivity index (χ0) is 20.5. The van der Waals surface area contributed by atoms with E-state index in [4.69, 9.17) is 4.42 Å². The van der Waals surface area contributed by atoms with Gasteiger partial charge >= 0.3 is 0 Å². The predicted octanol–water partition coefficient (Wildman–Crippen LogP) is 8.23. The summed E-state index contributed by atoms with van der Waals surface area (Å²) in [6.07, 6.45) is 11.7. The molecule has 2 nitrogen and oxygen atoms in total. The lowest BCUT2D eigenvalue weighted by Crippen LogP contribution is -1.97. The first-order valence-electron chi connectivity index (χ1n) is 11.5. The number of unbranched alkanes of at least 4 members (excludes halogenated alkanes) is 7. The average molecular weight is 393 g/mol. The van der Waals surface area contributed by atoms with Gasteiger partial charge in [-0.15, -0.1) is 0 Å². The molecule has 1 N–H and O–H groups in total. The van der Waals surface area contributed by atoms with E-state index in [-0.39, 0.29) is 0 Å². The number of furan rings is 1. The summed E-state index contributed by atoms with van der Waals surface area (Å²) >= 11 is 0. The molecule has 0 aliphatic carbocycles. The van der Waals surface area contributed by atoms with Gasteiger partial charge < -0.3 is 9.52 Å². The van der Waals surface area contributed by atoms with Gasteiger partial charge in [-0.1, -0.05) is 102 Å². The Morgan fingerprint density at radius 3 is 2.31 bits per heavy atom. The first kappa shape index (κ1) is 21.6. The molecule has 0 radical (unpaired) electrons. The van der Waals surface area contributed by atoms with Crippen molar-refractivity contribution in [1.82, 2.24) is 0 Å². The molecule has 0 bridgehead atoms. The maximum absolute atomic E-state index is 10.6. The number of aliphatic hydroxyl groups is 1. The number of aliphatic hydroxyl groups excluding tert-OH is 1. The summed E-state index contributed by atoms with van der Waals surface area (Å²) in [4.78, 5) is 0. The van der Waals surface area contributed by atoms with Crippen LogP contribution in [0.15, 0.2) is 52.9 Å². The van der Waals surface area contributed by atoms with E-state index in [0.29, 0.717) is 0 Å². The molecule has 0 aliphatic heterocycles. The largest absolute Gasteiger partial charge is 0.456 e. The summed E-state index contributed by atoms with van der Waals surface area (Å²) in [5.74, 6) is 0.909. The van der Waals surface area contributed by atoms with E-state index >= 15 is 0 Å². The van der Waals surface area contributed by atoms with Crippen molar-refractivity contribution in [2.75, 3.05) is 0 Å². The molecule has 2 heteroatoms. The van der Waals surface area contributed by atoms with Gasteiger partial charge in [-0.25, -0.2) is 0 Å². The van der Waals surface area contributed by atoms with Gasteiger partial charge in [0, 0.05) is 10.9 Å². The first-order chi connectivity index (χ1) is 14.2. The van der Waals surface area contributed by atoms with E-state index in [0.717, 1.165) is 47.1 Å². The minimum Gasteiger partial charge on any atom is -0.456 e. The summed E-state index contributed by atoms with van der Waals surface area (Å²) in [5.41, 5.74) is 4.28. The summed E-state index contributed by atoms with van der Waals surface area (Å²) < 4.78 is 6.17. The molecule has 1 heterocycles. The van der Waals surface area contributed by atoms with Crippen LogP contribution >= 0.6 is 0 Å². The molecule has 1 atom stereocenters. The quantitative estimate of drug-likeness (QED) is 0.315. The van der Waals surface area contributed by atoms with Crippen molar-refractivity contribution < 1.29 is 9.52 Å². The number of rotatable bonds is 12. The average Bonchev–Trinajstić information content (AvgIpc) is 3.18. The van der Waals surface area contributed by atoms with E-state index in [1.165, 1.54) is 50.5 Å². The highest BCUT2D eigenvalue weighted by Gasteiger charge is 2.13. The van der Waals surface area contributed by atoms with Crippen molar-refractivity contribution in [2.24, 2.45) is 0 Å². The van der Waals surface area contributed by atoms with E-state index < -0.39 is 6.10 Å². The van der Waals surface area contributed by atoms with Gasteiger partial charge in [0.15, 0.2) is 0 Å². The van der Waals surface area contributed by atoms with Crippen molar-refractivity contribution in [1.29, 1.82) is 0 Å². The molecule has 2 aromatic carbocycles. The molecular formula is C27H36O2. The number of aryl methyl sites for hydroxylation is 1. The monoisotopic (exact) mass is 392 g/mol. The van der Waals surface area contributed by atoms with Crippen molar-refractivity contribution in [2.45, 2.75) is 84.2 Å². The Morgan fingerprint density at radius 2 is 1.55 bits per heavy atom. The van der Waals surface area contributed by atoms with Gasteiger partial charge in [0.05, 0.1) is 6.10 Å². The molecule has 0 saturated heterocycles. The fraction of sp³-hybridized carbons (Fsp3) is 0.481. The molecule has 0 spiro atoms. The smallest absolute Gasteiger partial charge is 0.135 e. The minimum absolute atomic E-state index is 0.407. The fourth-order valence-corrected chi connectivity index (χ4v) is 4.09. The molecule has 3 rings (SSSR count). The molecule has 0 fully saturated rings. The number of hydrogen-bond acceptors (Lipinski definition) is 2. The van der Waals surface area contributed by atoms with Gasteiger partial charge in [-0.3, -0.25) is 0 Å². The molecule has 1 unspecified atom stereocenters. The normalized spacial score (nSPS) is 12.5. The highest BCUT2D eigenvalue weighted by molar-refractivity contribution is 5.84. The Balaban J connectivity index is 1.57. The third kappa shape index (κ3) is 5.96. The third-order valence-corrected chi connectivity index (χ3v) is 5.92. The third-order valence-electron chi connectivity index (χ3n) is 5.92. The summed E-state index contributed by atoms with van der Waals surface area (Å²) in [7, 11) is 0. The first-order valence-corrected chi connectivity index (χ1v) is 11.5. The maximum Gasteiger partial charge on any atom is 0.135 e. The van der Waals surface area contributed by atoms with Crippen molar-refractivity contribution >= 4 is 11.0 Å². The molecule has 156 valence electrons. The Bertz CT molecular complexity index is 877. The predicted molar refractivity (Wildman–Crippen MR) is 123 cm³/mol. The number of benzene rings is 2. The standard InChI is InChI=1S/C27H36O2/c1-3-5-6-7-8-9-10-11-16-25(28)22-17-18-23-20-27(29-26(23)19-22)24-15-13-12-14-21(24)4-2/h12-15,17-20,25,28H,3-11,16H2,1-2H3. The van der Waals surface area contributed by atoms with Crippen LogP contribution in [0.2, 0.25) is 0 Å². The van der Waals surface area contributed by atoms with Crippen LogP contribution in [0, 0.1) is 0 Å². The zero-order valence-corrected chi connectivity index (χ0v) is 18.1. The second-order valence-electron chi connectivity index (χ2n) is 8.20. The van der Waals surface area contributed by atoms with Gasteiger partial charge in [0.2, 0.25) is 0 Å². The molecule has 3 aromatic rings. The lowest BCUT2D eigenvalue weighted by molar-refractivity contribution is 0.163. The van der Waals surface area contributed by atoms with Crippen molar-refractivity contribution in [3.8, 4) is 11.3 Å². The fourth-order valence-electron chi connectivity index (χ4n) is 4.09. The highest BCUT2D eigenvalue weighted by Crippen LogP contribution is 2.32. The summed E-state index contributed by atoms with van der Waals surface area (Å²) in [6, 6.07) is 16.6. The zero-order valence-electron chi connectivity index (χ0n) is 18.1. The lowest BCUT2D eigenvalue weighted by Gasteiger charge is -2.10.